The first-order valence-electron chi connectivity index (χ1n) is 5.92. The summed E-state index contributed by atoms with van der Waals surface area (Å²) in [5.41, 5.74) is 0.632. The van der Waals surface area contributed by atoms with Crippen LogP contribution < -0.4 is 5.32 Å². The molecule has 0 bridgehead atoms. The van der Waals surface area contributed by atoms with Crippen LogP contribution >= 0.6 is 0 Å². The van der Waals surface area contributed by atoms with E-state index < -0.39 is 0 Å². The van der Waals surface area contributed by atoms with Crippen molar-refractivity contribution < 1.29 is 4.74 Å². The van der Waals surface area contributed by atoms with Crippen molar-refractivity contribution in [3.63, 3.8) is 0 Å². The minimum absolute atomic E-state index is 0.260. The first kappa shape index (κ1) is 14.9. The second kappa shape index (κ2) is 5.86. The monoisotopic (exact) mass is 215 g/mol. The molecule has 0 heterocycles. The molecule has 2 heteroatoms. The number of nitrogens with one attached hydrogen (secondary N) is 1. The minimum Gasteiger partial charge on any atom is -0.380 e. The fourth-order valence-electron chi connectivity index (χ4n) is 1.35. The quantitative estimate of drug-likeness (QED) is 0.712. The Balaban J connectivity index is 3.75. The molecule has 1 unspecified atom stereocenters. The third-order valence-corrected chi connectivity index (χ3v) is 2.67. The Labute approximate surface area is 95.8 Å². The SMILES string of the molecule is CNC(COCCC(C)(C)C)C(C)(C)C. The van der Waals surface area contributed by atoms with Crippen molar-refractivity contribution in [3.05, 3.63) is 0 Å². The van der Waals surface area contributed by atoms with E-state index in [1.807, 2.05) is 7.05 Å². The Bertz CT molecular complexity index is 164. The molecule has 92 valence electrons. The van der Waals surface area contributed by atoms with E-state index in [2.05, 4.69) is 46.9 Å². The molecule has 0 aliphatic heterocycles. The lowest BCUT2D eigenvalue weighted by atomic mass is 9.87. The van der Waals surface area contributed by atoms with Gasteiger partial charge in [0.15, 0.2) is 0 Å². The smallest absolute Gasteiger partial charge is 0.0624 e. The third kappa shape index (κ3) is 7.80. The van der Waals surface area contributed by atoms with Crippen LogP contribution in [0.3, 0.4) is 0 Å². The largest absolute Gasteiger partial charge is 0.380 e. The molecule has 0 aromatic carbocycles. The molecule has 2 nitrogen and oxygen atoms in total. The van der Waals surface area contributed by atoms with E-state index in [1.54, 1.807) is 0 Å². The lowest BCUT2D eigenvalue weighted by molar-refractivity contribution is 0.0636. The Hall–Kier alpha value is -0.0800. The lowest BCUT2D eigenvalue weighted by Gasteiger charge is -2.30. The molecule has 0 aromatic rings. The van der Waals surface area contributed by atoms with Crippen molar-refractivity contribution in [2.75, 3.05) is 20.3 Å². The van der Waals surface area contributed by atoms with E-state index >= 15 is 0 Å². The number of hydrogen-bond acceptors (Lipinski definition) is 2. The maximum Gasteiger partial charge on any atom is 0.0624 e. The maximum absolute atomic E-state index is 5.73. The molecule has 15 heavy (non-hydrogen) atoms. The summed E-state index contributed by atoms with van der Waals surface area (Å²) in [6, 6.07) is 0.428. The summed E-state index contributed by atoms with van der Waals surface area (Å²) in [7, 11) is 2.00. The number of rotatable bonds is 5. The Kier molecular flexibility index (Phi) is 5.82. The molecule has 0 spiro atoms. The highest BCUT2D eigenvalue weighted by atomic mass is 16.5. The first-order valence-corrected chi connectivity index (χ1v) is 5.92. The van der Waals surface area contributed by atoms with Gasteiger partial charge in [-0.25, -0.2) is 0 Å². The zero-order chi connectivity index (χ0) is 12.1. The summed E-state index contributed by atoms with van der Waals surface area (Å²) in [6.45, 7) is 15.1. The molecule has 1 atom stereocenters. The minimum atomic E-state index is 0.260. The lowest BCUT2D eigenvalue weighted by Crippen LogP contribution is -2.41. The number of hydrogen-bond donors (Lipinski definition) is 1. The Morgan fingerprint density at radius 3 is 1.93 bits per heavy atom. The molecule has 0 aromatic heterocycles. The second-order valence-electron chi connectivity index (χ2n) is 6.59. The van der Waals surface area contributed by atoms with Gasteiger partial charge in [-0.3, -0.25) is 0 Å². The van der Waals surface area contributed by atoms with Crippen LogP contribution in [0.5, 0.6) is 0 Å². The molecule has 0 fully saturated rings. The molecule has 0 aliphatic rings. The average Bonchev–Trinajstić information content (AvgIpc) is 1.99. The molecular formula is C13H29NO. The van der Waals surface area contributed by atoms with Gasteiger partial charge in [0.05, 0.1) is 6.61 Å². The summed E-state index contributed by atoms with van der Waals surface area (Å²) in [5, 5.41) is 3.31. The van der Waals surface area contributed by atoms with E-state index in [0.29, 0.717) is 11.5 Å². The van der Waals surface area contributed by atoms with Crippen LogP contribution in [0.15, 0.2) is 0 Å². The van der Waals surface area contributed by atoms with E-state index in [4.69, 9.17) is 4.74 Å². The van der Waals surface area contributed by atoms with Crippen molar-refractivity contribution in [1.82, 2.24) is 5.32 Å². The fraction of sp³-hybridized carbons (Fsp3) is 1.00. The molecule has 0 aliphatic carbocycles. The number of likely N-dealkylation sites (N-methyl/N-ethyl adjacent to an activating group) is 1. The standard InChI is InChI=1S/C13H29NO/c1-12(2,3)8-9-15-10-11(14-7)13(4,5)6/h11,14H,8-10H2,1-7H3. The van der Waals surface area contributed by atoms with Gasteiger partial charge < -0.3 is 10.1 Å². The summed E-state index contributed by atoms with van der Waals surface area (Å²) in [4.78, 5) is 0. The van der Waals surface area contributed by atoms with Crippen molar-refractivity contribution >= 4 is 0 Å². The van der Waals surface area contributed by atoms with Crippen molar-refractivity contribution in [2.24, 2.45) is 10.8 Å². The maximum atomic E-state index is 5.73. The summed E-state index contributed by atoms with van der Waals surface area (Å²) >= 11 is 0. The molecular weight excluding hydrogens is 186 g/mol. The molecule has 0 amide bonds. The van der Waals surface area contributed by atoms with Crippen LogP contribution in [0.4, 0.5) is 0 Å². The van der Waals surface area contributed by atoms with Crippen LogP contribution in [0.2, 0.25) is 0 Å². The van der Waals surface area contributed by atoms with Gasteiger partial charge in [0.25, 0.3) is 0 Å². The van der Waals surface area contributed by atoms with Gasteiger partial charge in [0, 0.05) is 12.6 Å². The molecule has 0 saturated heterocycles. The Morgan fingerprint density at radius 1 is 1.07 bits per heavy atom. The van der Waals surface area contributed by atoms with Crippen LogP contribution in [0.25, 0.3) is 0 Å². The van der Waals surface area contributed by atoms with Gasteiger partial charge in [-0.15, -0.1) is 0 Å². The summed E-state index contributed by atoms with van der Waals surface area (Å²) < 4.78 is 5.73. The normalized spacial score (nSPS) is 15.4. The highest BCUT2D eigenvalue weighted by Crippen LogP contribution is 2.21. The van der Waals surface area contributed by atoms with Gasteiger partial charge in [0.2, 0.25) is 0 Å². The Morgan fingerprint density at radius 2 is 1.60 bits per heavy atom. The molecule has 0 saturated carbocycles. The molecule has 0 rings (SSSR count). The van der Waals surface area contributed by atoms with Gasteiger partial charge >= 0.3 is 0 Å². The summed E-state index contributed by atoms with van der Waals surface area (Å²) in [5.74, 6) is 0. The number of ether oxygens (including phenoxy) is 1. The molecule has 0 radical (unpaired) electrons. The van der Waals surface area contributed by atoms with Crippen molar-refractivity contribution in [3.8, 4) is 0 Å². The first-order chi connectivity index (χ1) is 6.67. The predicted molar refractivity (Wildman–Crippen MR) is 67.2 cm³/mol. The topological polar surface area (TPSA) is 21.3 Å². The third-order valence-electron chi connectivity index (χ3n) is 2.67. The highest BCUT2D eigenvalue weighted by molar-refractivity contribution is 4.78. The van der Waals surface area contributed by atoms with Crippen LogP contribution in [0, 0.1) is 10.8 Å². The zero-order valence-electron chi connectivity index (χ0n) is 11.6. The second-order valence-corrected chi connectivity index (χ2v) is 6.59. The predicted octanol–water partition coefficient (Wildman–Crippen LogP) is 3.07. The van der Waals surface area contributed by atoms with Gasteiger partial charge in [-0.2, -0.15) is 0 Å². The van der Waals surface area contributed by atoms with Crippen LogP contribution in [-0.4, -0.2) is 26.3 Å². The van der Waals surface area contributed by atoms with E-state index in [1.165, 1.54) is 0 Å². The van der Waals surface area contributed by atoms with Crippen molar-refractivity contribution in [1.29, 1.82) is 0 Å². The van der Waals surface area contributed by atoms with E-state index in [0.717, 1.165) is 19.6 Å². The van der Waals surface area contributed by atoms with Crippen LogP contribution in [0.1, 0.15) is 48.0 Å². The summed E-state index contributed by atoms with van der Waals surface area (Å²) in [6.07, 6.45) is 1.12. The zero-order valence-corrected chi connectivity index (χ0v) is 11.6. The van der Waals surface area contributed by atoms with Gasteiger partial charge in [-0.1, -0.05) is 41.5 Å². The molecule has 1 N–H and O–H groups in total. The van der Waals surface area contributed by atoms with Gasteiger partial charge in [-0.05, 0) is 24.3 Å². The average molecular weight is 215 g/mol. The van der Waals surface area contributed by atoms with Crippen molar-refractivity contribution in [2.45, 2.75) is 54.0 Å². The van der Waals surface area contributed by atoms with E-state index in [9.17, 15) is 0 Å². The highest BCUT2D eigenvalue weighted by Gasteiger charge is 2.23. The fourth-order valence-corrected chi connectivity index (χ4v) is 1.35. The van der Waals surface area contributed by atoms with E-state index in [-0.39, 0.29) is 5.41 Å². The van der Waals surface area contributed by atoms with Gasteiger partial charge in [0.1, 0.15) is 0 Å². The van der Waals surface area contributed by atoms with Crippen LogP contribution in [-0.2, 0) is 4.74 Å².